The predicted octanol–water partition coefficient (Wildman–Crippen LogP) is 5.18. The molecule has 4 amide bonds. The van der Waals surface area contributed by atoms with E-state index in [1.807, 2.05) is 19.1 Å². The zero-order chi connectivity index (χ0) is 27.9. The van der Waals surface area contributed by atoms with Gasteiger partial charge in [-0.25, -0.2) is 9.69 Å². The lowest BCUT2D eigenvalue weighted by atomic mass is 10.1. The lowest BCUT2D eigenvalue weighted by molar-refractivity contribution is -0.122. The molecule has 0 aliphatic carbocycles. The van der Waals surface area contributed by atoms with Gasteiger partial charge in [0.2, 0.25) is 0 Å². The topological polar surface area (TPSA) is 103 Å². The van der Waals surface area contributed by atoms with Crippen molar-refractivity contribution in [1.82, 2.24) is 5.32 Å². The number of methoxy groups -OCH3 is 1. The molecule has 1 fully saturated rings. The molecule has 1 saturated heterocycles. The molecule has 0 bridgehead atoms. The van der Waals surface area contributed by atoms with Crippen LogP contribution in [0.1, 0.15) is 18.1 Å². The minimum absolute atomic E-state index is 0.160. The summed E-state index contributed by atoms with van der Waals surface area (Å²) < 4.78 is 22.6. The molecule has 1 N–H and O–H groups in total. The molecule has 0 unspecified atom stereocenters. The van der Waals surface area contributed by atoms with Crippen molar-refractivity contribution in [2.75, 3.05) is 31.8 Å². The fourth-order valence-corrected chi connectivity index (χ4v) is 4.13. The van der Waals surface area contributed by atoms with E-state index >= 15 is 0 Å². The SMILES string of the molecule is CCOc1cc(/C=C2/C(=O)NC(=O)N(c3ccc(C)cc3)C2=O)cc(Cl)c1OCCOc1ccccc1OC. The second-order valence-electron chi connectivity index (χ2n) is 8.40. The molecule has 3 aromatic carbocycles. The molecule has 0 aromatic heterocycles. The molecular formula is C29H27ClN2O7. The monoisotopic (exact) mass is 550 g/mol. The number of anilines is 1. The van der Waals surface area contributed by atoms with E-state index in [0.29, 0.717) is 40.9 Å². The van der Waals surface area contributed by atoms with E-state index in [1.54, 1.807) is 62.6 Å². The van der Waals surface area contributed by atoms with E-state index in [0.717, 1.165) is 10.5 Å². The van der Waals surface area contributed by atoms with Crippen LogP contribution >= 0.6 is 11.6 Å². The molecule has 1 aliphatic heterocycles. The number of carbonyl (C=O) groups is 3. The number of rotatable bonds is 10. The van der Waals surface area contributed by atoms with Crippen molar-refractivity contribution < 1.29 is 33.3 Å². The van der Waals surface area contributed by atoms with Crippen molar-refractivity contribution in [2.24, 2.45) is 0 Å². The van der Waals surface area contributed by atoms with Gasteiger partial charge in [0.25, 0.3) is 11.8 Å². The molecule has 0 spiro atoms. The molecular weight excluding hydrogens is 524 g/mol. The van der Waals surface area contributed by atoms with Crippen LogP contribution in [0.4, 0.5) is 10.5 Å². The second kappa shape index (κ2) is 12.4. The van der Waals surface area contributed by atoms with Crippen LogP contribution in [0.25, 0.3) is 6.08 Å². The highest BCUT2D eigenvalue weighted by Gasteiger charge is 2.36. The lowest BCUT2D eigenvalue weighted by Crippen LogP contribution is -2.54. The lowest BCUT2D eigenvalue weighted by Gasteiger charge is -2.26. The number of nitrogens with zero attached hydrogens (tertiary/aromatic N) is 1. The number of hydrogen-bond acceptors (Lipinski definition) is 7. The van der Waals surface area contributed by atoms with Crippen molar-refractivity contribution in [3.05, 3.63) is 82.4 Å². The first kappa shape index (κ1) is 27.5. The van der Waals surface area contributed by atoms with Crippen LogP contribution in [0.3, 0.4) is 0 Å². The summed E-state index contributed by atoms with van der Waals surface area (Å²) in [5.41, 5.74) is 1.49. The molecule has 1 heterocycles. The number of urea groups is 1. The van der Waals surface area contributed by atoms with Gasteiger partial charge >= 0.3 is 6.03 Å². The Labute approximate surface area is 230 Å². The van der Waals surface area contributed by atoms with Gasteiger partial charge in [-0.2, -0.15) is 0 Å². The van der Waals surface area contributed by atoms with Gasteiger partial charge < -0.3 is 18.9 Å². The molecule has 0 atom stereocenters. The maximum Gasteiger partial charge on any atom is 0.335 e. The number of carbonyl (C=O) groups excluding carboxylic acids is 3. The highest BCUT2D eigenvalue weighted by atomic mass is 35.5. The van der Waals surface area contributed by atoms with Crippen LogP contribution in [0, 0.1) is 6.92 Å². The molecule has 1 aliphatic rings. The Hall–Kier alpha value is -4.50. The van der Waals surface area contributed by atoms with Gasteiger partial charge in [0.1, 0.15) is 18.8 Å². The summed E-state index contributed by atoms with van der Waals surface area (Å²) in [6, 6.07) is 16.4. The third-order valence-corrected chi connectivity index (χ3v) is 5.97. The largest absolute Gasteiger partial charge is 0.493 e. The Balaban J connectivity index is 1.54. The van der Waals surface area contributed by atoms with Crippen LogP contribution in [0.2, 0.25) is 5.02 Å². The van der Waals surface area contributed by atoms with Crippen molar-refractivity contribution in [2.45, 2.75) is 13.8 Å². The summed E-state index contributed by atoms with van der Waals surface area (Å²) in [6.45, 7) is 4.38. The molecule has 0 radical (unpaired) electrons. The average molecular weight is 551 g/mol. The zero-order valence-corrected chi connectivity index (χ0v) is 22.4. The van der Waals surface area contributed by atoms with Crippen LogP contribution < -0.4 is 29.2 Å². The standard InChI is InChI=1S/C29H27ClN2O7/c1-4-37-25-17-19(16-22(30)26(25)39-14-13-38-24-8-6-5-7-23(24)36-3)15-21-27(33)31-29(35)32(28(21)34)20-11-9-18(2)10-12-20/h5-12,15-17H,4,13-14H2,1-3H3,(H,31,33,35)/b21-15-. The zero-order valence-electron chi connectivity index (χ0n) is 21.7. The normalized spacial score (nSPS) is 14.3. The second-order valence-corrected chi connectivity index (χ2v) is 8.81. The van der Waals surface area contributed by atoms with Crippen molar-refractivity contribution >= 4 is 41.2 Å². The Kier molecular flexibility index (Phi) is 8.73. The third kappa shape index (κ3) is 6.32. The summed E-state index contributed by atoms with van der Waals surface area (Å²) in [5, 5.41) is 2.42. The van der Waals surface area contributed by atoms with Crippen LogP contribution in [-0.2, 0) is 9.59 Å². The molecule has 0 saturated carbocycles. The molecule has 202 valence electrons. The predicted molar refractivity (Wildman–Crippen MR) is 147 cm³/mol. The number of para-hydroxylation sites is 2. The summed E-state index contributed by atoms with van der Waals surface area (Å²) >= 11 is 6.52. The van der Waals surface area contributed by atoms with E-state index < -0.39 is 17.8 Å². The first-order chi connectivity index (χ1) is 18.8. The van der Waals surface area contributed by atoms with E-state index in [2.05, 4.69) is 5.32 Å². The fraction of sp³-hybridized carbons (Fsp3) is 0.207. The number of ether oxygens (including phenoxy) is 4. The third-order valence-electron chi connectivity index (χ3n) is 5.69. The smallest absolute Gasteiger partial charge is 0.335 e. The number of halogens is 1. The average Bonchev–Trinajstić information content (AvgIpc) is 2.91. The molecule has 4 rings (SSSR count). The molecule has 9 nitrogen and oxygen atoms in total. The Morgan fingerprint density at radius 3 is 2.28 bits per heavy atom. The van der Waals surface area contributed by atoms with Crippen LogP contribution in [-0.4, -0.2) is 44.8 Å². The number of imide groups is 2. The van der Waals surface area contributed by atoms with E-state index in [1.165, 1.54) is 6.08 Å². The Morgan fingerprint density at radius 2 is 1.59 bits per heavy atom. The Bertz CT molecular complexity index is 1420. The van der Waals surface area contributed by atoms with Crippen LogP contribution in [0.5, 0.6) is 23.0 Å². The molecule has 39 heavy (non-hydrogen) atoms. The van der Waals surface area contributed by atoms with Gasteiger partial charge in [-0.3, -0.25) is 14.9 Å². The highest BCUT2D eigenvalue weighted by molar-refractivity contribution is 6.39. The van der Waals surface area contributed by atoms with E-state index in [4.69, 9.17) is 30.5 Å². The quantitative estimate of drug-likeness (QED) is 0.211. The van der Waals surface area contributed by atoms with Gasteiger partial charge in [-0.15, -0.1) is 0 Å². The highest BCUT2D eigenvalue weighted by Crippen LogP contribution is 2.38. The number of hydrogen-bond donors (Lipinski definition) is 1. The number of nitrogens with one attached hydrogen (secondary N) is 1. The molecule has 10 heteroatoms. The van der Waals surface area contributed by atoms with Gasteiger partial charge in [0, 0.05) is 0 Å². The van der Waals surface area contributed by atoms with E-state index in [-0.39, 0.29) is 23.8 Å². The van der Waals surface area contributed by atoms with Gasteiger partial charge in [0.05, 0.1) is 24.4 Å². The number of barbiturate groups is 1. The van der Waals surface area contributed by atoms with Crippen LogP contribution in [0.15, 0.2) is 66.2 Å². The maximum atomic E-state index is 13.2. The van der Waals surface area contributed by atoms with Crippen molar-refractivity contribution in [1.29, 1.82) is 0 Å². The number of aryl methyl sites for hydroxylation is 1. The summed E-state index contributed by atoms with van der Waals surface area (Å²) in [7, 11) is 1.56. The van der Waals surface area contributed by atoms with Gasteiger partial charge in [0.15, 0.2) is 23.0 Å². The fourth-order valence-electron chi connectivity index (χ4n) is 3.86. The number of benzene rings is 3. The minimum atomic E-state index is -0.821. The number of amides is 4. The van der Waals surface area contributed by atoms with Gasteiger partial charge in [-0.1, -0.05) is 41.4 Å². The van der Waals surface area contributed by atoms with E-state index in [9.17, 15) is 14.4 Å². The Morgan fingerprint density at radius 1 is 0.897 bits per heavy atom. The van der Waals surface area contributed by atoms with Crippen molar-refractivity contribution in [3.63, 3.8) is 0 Å². The summed E-state index contributed by atoms with van der Waals surface area (Å²) in [5.74, 6) is 0.235. The molecule has 3 aromatic rings. The minimum Gasteiger partial charge on any atom is -0.493 e. The van der Waals surface area contributed by atoms with Gasteiger partial charge in [-0.05, 0) is 61.9 Å². The van der Waals surface area contributed by atoms with Crippen molar-refractivity contribution in [3.8, 4) is 23.0 Å². The summed E-state index contributed by atoms with van der Waals surface area (Å²) in [4.78, 5) is 39.2. The first-order valence-corrected chi connectivity index (χ1v) is 12.5. The maximum absolute atomic E-state index is 13.2. The summed E-state index contributed by atoms with van der Waals surface area (Å²) in [6.07, 6.45) is 1.36. The first-order valence-electron chi connectivity index (χ1n) is 12.2.